The van der Waals surface area contributed by atoms with Crippen LogP contribution in [0.15, 0.2) is 42.5 Å². The van der Waals surface area contributed by atoms with Gasteiger partial charge in [-0.2, -0.15) is 5.26 Å². The van der Waals surface area contributed by atoms with Gasteiger partial charge in [0.2, 0.25) is 0 Å². The van der Waals surface area contributed by atoms with Gasteiger partial charge in [-0.3, -0.25) is 10.6 Å². The van der Waals surface area contributed by atoms with E-state index in [9.17, 15) is 4.79 Å². The van der Waals surface area contributed by atoms with Gasteiger partial charge in [0, 0.05) is 16.9 Å². The molecule has 0 saturated carbocycles. The first-order valence-electron chi connectivity index (χ1n) is 6.03. The lowest BCUT2D eigenvalue weighted by molar-refractivity contribution is 0.102. The Kier molecular flexibility index (Phi) is 3.99. The van der Waals surface area contributed by atoms with E-state index in [0.717, 1.165) is 11.3 Å². The smallest absolute Gasteiger partial charge is 0.255 e. The fraction of sp³-hybridized carbons (Fsp3) is 0.0667. The fourth-order valence-corrected chi connectivity index (χ4v) is 1.83. The highest BCUT2D eigenvalue weighted by Crippen LogP contribution is 2.16. The Morgan fingerprint density at radius 3 is 2.35 bits per heavy atom. The van der Waals surface area contributed by atoms with Crippen LogP contribution >= 0.6 is 0 Å². The Balaban J connectivity index is 2.17. The minimum Gasteiger partial charge on any atom is -0.324 e. The third kappa shape index (κ3) is 2.94. The largest absolute Gasteiger partial charge is 0.324 e. The van der Waals surface area contributed by atoms with Crippen LogP contribution in [0.4, 0.5) is 11.4 Å². The van der Waals surface area contributed by atoms with Gasteiger partial charge in [0.15, 0.2) is 0 Å². The fourth-order valence-electron chi connectivity index (χ4n) is 1.83. The van der Waals surface area contributed by atoms with Gasteiger partial charge < -0.3 is 10.7 Å². The first-order valence-corrected chi connectivity index (χ1v) is 6.03. The van der Waals surface area contributed by atoms with Crippen LogP contribution in [0.2, 0.25) is 0 Å². The molecular weight excluding hydrogens is 252 g/mol. The first kappa shape index (κ1) is 13.6. The number of nitriles is 1. The zero-order valence-electron chi connectivity index (χ0n) is 11.0. The lowest BCUT2D eigenvalue weighted by Crippen LogP contribution is -2.14. The quantitative estimate of drug-likeness (QED) is 0.587. The molecule has 0 spiro atoms. The lowest BCUT2D eigenvalue weighted by atomic mass is 10.1. The molecule has 2 rings (SSSR count). The van der Waals surface area contributed by atoms with Crippen LogP contribution in [0.1, 0.15) is 21.5 Å². The molecule has 0 atom stereocenters. The molecule has 0 bridgehead atoms. The summed E-state index contributed by atoms with van der Waals surface area (Å²) in [6.07, 6.45) is 0. The molecule has 2 aromatic rings. The van der Waals surface area contributed by atoms with E-state index in [4.69, 9.17) is 11.1 Å². The molecule has 2 aromatic carbocycles. The summed E-state index contributed by atoms with van der Waals surface area (Å²) in [6, 6.07) is 14.0. The van der Waals surface area contributed by atoms with Gasteiger partial charge in [0.1, 0.15) is 0 Å². The molecule has 4 N–H and O–H groups in total. The number of anilines is 2. The molecule has 0 radical (unpaired) electrons. The van der Waals surface area contributed by atoms with Crippen molar-refractivity contribution in [2.45, 2.75) is 6.92 Å². The van der Waals surface area contributed by atoms with Crippen molar-refractivity contribution in [3.8, 4) is 6.07 Å². The van der Waals surface area contributed by atoms with Crippen molar-refractivity contribution in [3.63, 3.8) is 0 Å². The Hall–Kier alpha value is -2.84. The van der Waals surface area contributed by atoms with Gasteiger partial charge in [-0.1, -0.05) is 0 Å². The van der Waals surface area contributed by atoms with Crippen LogP contribution in [0.5, 0.6) is 0 Å². The van der Waals surface area contributed by atoms with Crippen LogP contribution in [0, 0.1) is 18.3 Å². The second-order valence-corrected chi connectivity index (χ2v) is 4.32. The normalized spacial score (nSPS) is 9.65. The van der Waals surface area contributed by atoms with Crippen molar-refractivity contribution in [1.82, 2.24) is 0 Å². The van der Waals surface area contributed by atoms with Gasteiger partial charge in [-0.15, -0.1) is 0 Å². The lowest BCUT2D eigenvalue weighted by Gasteiger charge is -2.09. The molecule has 0 aliphatic carbocycles. The maximum Gasteiger partial charge on any atom is 0.255 e. The molecule has 0 aromatic heterocycles. The molecule has 100 valence electrons. The van der Waals surface area contributed by atoms with Crippen LogP contribution in [-0.2, 0) is 0 Å². The zero-order valence-corrected chi connectivity index (χ0v) is 11.0. The van der Waals surface area contributed by atoms with E-state index in [1.165, 1.54) is 0 Å². The number of carbonyl (C=O) groups excluding carboxylic acids is 1. The van der Waals surface area contributed by atoms with Crippen molar-refractivity contribution in [1.29, 1.82) is 5.26 Å². The SMILES string of the molecule is Cc1cc(NN)ccc1C(=O)Nc1ccc(C#N)cc1. The maximum absolute atomic E-state index is 12.2. The number of hydrogen-bond donors (Lipinski definition) is 3. The van der Waals surface area contributed by atoms with Crippen molar-refractivity contribution < 1.29 is 4.79 Å². The van der Waals surface area contributed by atoms with Crippen LogP contribution in [0.3, 0.4) is 0 Å². The number of nitrogen functional groups attached to an aromatic ring is 1. The first-order chi connectivity index (χ1) is 9.63. The Morgan fingerprint density at radius 1 is 1.15 bits per heavy atom. The molecule has 5 nitrogen and oxygen atoms in total. The van der Waals surface area contributed by atoms with Crippen molar-refractivity contribution >= 4 is 17.3 Å². The molecule has 5 heteroatoms. The topological polar surface area (TPSA) is 90.9 Å². The van der Waals surface area contributed by atoms with Crippen molar-refractivity contribution in [2.24, 2.45) is 5.84 Å². The molecular formula is C15H14N4O. The number of hydrogen-bond acceptors (Lipinski definition) is 4. The summed E-state index contributed by atoms with van der Waals surface area (Å²) in [5.74, 6) is 5.12. The second kappa shape index (κ2) is 5.87. The summed E-state index contributed by atoms with van der Waals surface area (Å²) in [5.41, 5.74) is 5.89. The molecule has 1 amide bonds. The number of amides is 1. The summed E-state index contributed by atoms with van der Waals surface area (Å²) in [4.78, 5) is 12.2. The summed E-state index contributed by atoms with van der Waals surface area (Å²) in [6.45, 7) is 1.84. The average Bonchev–Trinajstić information content (AvgIpc) is 2.47. The van der Waals surface area contributed by atoms with Gasteiger partial charge in [-0.05, 0) is 55.0 Å². The van der Waals surface area contributed by atoms with E-state index in [-0.39, 0.29) is 5.91 Å². The predicted molar refractivity (Wildman–Crippen MR) is 78.1 cm³/mol. The van der Waals surface area contributed by atoms with E-state index in [1.807, 2.05) is 13.0 Å². The highest BCUT2D eigenvalue weighted by Gasteiger charge is 2.09. The van der Waals surface area contributed by atoms with E-state index in [2.05, 4.69) is 10.7 Å². The number of nitrogens with two attached hydrogens (primary N) is 1. The zero-order chi connectivity index (χ0) is 14.5. The van der Waals surface area contributed by atoms with E-state index in [0.29, 0.717) is 16.8 Å². The Labute approximate surface area is 117 Å². The summed E-state index contributed by atoms with van der Waals surface area (Å²) < 4.78 is 0. The predicted octanol–water partition coefficient (Wildman–Crippen LogP) is 2.40. The third-order valence-corrected chi connectivity index (χ3v) is 2.91. The average molecular weight is 266 g/mol. The number of nitrogens with zero attached hydrogens (tertiary/aromatic N) is 1. The third-order valence-electron chi connectivity index (χ3n) is 2.91. The monoisotopic (exact) mass is 266 g/mol. The summed E-state index contributed by atoms with van der Waals surface area (Å²) in [7, 11) is 0. The molecule has 0 unspecified atom stereocenters. The van der Waals surface area contributed by atoms with Gasteiger partial charge >= 0.3 is 0 Å². The molecule has 0 fully saturated rings. The molecule has 0 heterocycles. The summed E-state index contributed by atoms with van der Waals surface area (Å²) >= 11 is 0. The van der Waals surface area contributed by atoms with Gasteiger partial charge in [0.05, 0.1) is 11.6 Å². The summed E-state index contributed by atoms with van der Waals surface area (Å²) in [5, 5.41) is 11.5. The van der Waals surface area contributed by atoms with Crippen LogP contribution in [0.25, 0.3) is 0 Å². The molecule has 0 saturated heterocycles. The molecule has 0 aliphatic rings. The number of rotatable bonds is 3. The second-order valence-electron chi connectivity index (χ2n) is 4.32. The number of aryl methyl sites for hydroxylation is 1. The van der Waals surface area contributed by atoms with Gasteiger partial charge in [0.25, 0.3) is 5.91 Å². The minimum absolute atomic E-state index is 0.198. The van der Waals surface area contributed by atoms with Crippen molar-refractivity contribution in [2.75, 3.05) is 10.7 Å². The Morgan fingerprint density at radius 2 is 1.80 bits per heavy atom. The molecule has 20 heavy (non-hydrogen) atoms. The maximum atomic E-state index is 12.2. The highest BCUT2D eigenvalue weighted by atomic mass is 16.1. The van der Waals surface area contributed by atoms with Crippen molar-refractivity contribution in [3.05, 3.63) is 59.2 Å². The number of benzene rings is 2. The van der Waals surface area contributed by atoms with Crippen LogP contribution < -0.4 is 16.6 Å². The molecule has 0 aliphatic heterocycles. The van der Waals surface area contributed by atoms with E-state index < -0.39 is 0 Å². The standard InChI is InChI=1S/C15H14N4O/c1-10-8-13(19-17)6-7-14(10)15(20)18-12-4-2-11(9-16)3-5-12/h2-8,19H,17H2,1H3,(H,18,20). The van der Waals surface area contributed by atoms with E-state index >= 15 is 0 Å². The van der Waals surface area contributed by atoms with E-state index in [1.54, 1.807) is 42.5 Å². The minimum atomic E-state index is -0.198. The van der Waals surface area contributed by atoms with Gasteiger partial charge in [-0.25, -0.2) is 0 Å². The number of hydrazine groups is 1. The highest BCUT2D eigenvalue weighted by molar-refractivity contribution is 6.05. The Bertz CT molecular complexity index is 671. The van der Waals surface area contributed by atoms with Crippen LogP contribution in [-0.4, -0.2) is 5.91 Å². The number of carbonyl (C=O) groups is 1. The number of nitrogens with one attached hydrogen (secondary N) is 2.